The van der Waals surface area contributed by atoms with Gasteiger partial charge in [0.1, 0.15) is 0 Å². The van der Waals surface area contributed by atoms with Crippen molar-refractivity contribution >= 4 is 46.4 Å². The molecule has 0 saturated heterocycles. The Morgan fingerprint density at radius 1 is 1.11 bits per heavy atom. The quantitative estimate of drug-likeness (QED) is 0.373. The summed E-state index contributed by atoms with van der Waals surface area (Å²) in [5, 5.41) is 3.07. The van der Waals surface area contributed by atoms with Crippen LogP contribution in [-0.2, 0) is 23.1 Å². The SMILES string of the molecule is CS(=O)Cc1ccc(CN=C(N)Nc2ccc3c(c2)OCCCO3)cc1.I. The van der Waals surface area contributed by atoms with Crippen molar-refractivity contribution in [1.29, 1.82) is 0 Å². The summed E-state index contributed by atoms with van der Waals surface area (Å²) in [7, 11) is -0.836. The highest BCUT2D eigenvalue weighted by Crippen LogP contribution is 2.32. The van der Waals surface area contributed by atoms with Crippen LogP contribution in [0.4, 0.5) is 5.69 Å². The molecule has 0 radical (unpaired) electrons. The van der Waals surface area contributed by atoms with E-state index in [2.05, 4.69) is 10.3 Å². The van der Waals surface area contributed by atoms with Crippen molar-refractivity contribution in [2.75, 3.05) is 24.8 Å². The summed E-state index contributed by atoms with van der Waals surface area (Å²) in [6.45, 7) is 1.77. The van der Waals surface area contributed by atoms with E-state index >= 15 is 0 Å². The number of ether oxygens (including phenoxy) is 2. The Labute approximate surface area is 179 Å². The van der Waals surface area contributed by atoms with Crippen molar-refractivity contribution in [2.45, 2.75) is 18.7 Å². The summed E-state index contributed by atoms with van der Waals surface area (Å²) in [5.74, 6) is 2.36. The summed E-state index contributed by atoms with van der Waals surface area (Å²) in [4.78, 5) is 4.36. The van der Waals surface area contributed by atoms with Crippen molar-refractivity contribution < 1.29 is 13.7 Å². The van der Waals surface area contributed by atoms with Crippen LogP contribution in [0.2, 0.25) is 0 Å². The molecule has 0 fully saturated rings. The van der Waals surface area contributed by atoms with Crippen molar-refractivity contribution in [1.82, 2.24) is 0 Å². The first kappa shape index (κ1) is 21.5. The Morgan fingerprint density at radius 3 is 2.48 bits per heavy atom. The molecule has 1 heterocycles. The average Bonchev–Trinajstić information content (AvgIpc) is 2.85. The minimum absolute atomic E-state index is 0. The van der Waals surface area contributed by atoms with Gasteiger partial charge in [0.25, 0.3) is 0 Å². The number of nitrogens with one attached hydrogen (secondary N) is 1. The smallest absolute Gasteiger partial charge is 0.193 e. The molecule has 27 heavy (non-hydrogen) atoms. The summed E-state index contributed by atoms with van der Waals surface area (Å²) in [5.41, 5.74) is 8.88. The maximum Gasteiger partial charge on any atom is 0.193 e. The van der Waals surface area contributed by atoms with Gasteiger partial charge in [0, 0.05) is 41.0 Å². The Morgan fingerprint density at radius 2 is 1.78 bits per heavy atom. The van der Waals surface area contributed by atoms with Gasteiger partial charge in [-0.15, -0.1) is 24.0 Å². The van der Waals surface area contributed by atoms with Crippen LogP contribution in [0.3, 0.4) is 0 Å². The number of nitrogens with zero attached hydrogens (tertiary/aromatic N) is 1. The first-order valence-corrected chi connectivity index (χ1v) is 10.2. The molecule has 0 aliphatic carbocycles. The lowest BCUT2D eigenvalue weighted by atomic mass is 10.1. The van der Waals surface area contributed by atoms with Crippen LogP contribution < -0.4 is 20.5 Å². The number of rotatable bonds is 5. The van der Waals surface area contributed by atoms with Gasteiger partial charge < -0.3 is 20.5 Å². The predicted molar refractivity (Wildman–Crippen MR) is 121 cm³/mol. The van der Waals surface area contributed by atoms with Gasteiger partial charge >= 0.3 is 0 Å². The molecule has 0 bridgehead atoms. The second kappa shape index (κ2) is 10.5. The highest BCUT2D eigenvalue weighted by molar-refractivity contribution is 14.0. The standard InChI is InChI=1S/C19H23N3O3S.HI/c1-26(23)13-15-5-3-14(4-6-15)12-21-19(20)22-16-7-8-17-18(11-16)25-10-2-9-24-17;/h3-8,11H,2,9-10,12-13H2,1H3,(H3,20,21,22);1H. The van der Waals surface area contributed by atoms with E-state index in [4.69, 9.17) is 15.2 Å². The molecule has 3 N–H and O–H groups in total. The highest BCUT2D eigenvalue weighted by atomic mass is 127. The van der Waals surface area contributed by atoms with Crippen LogP contribution in [0.5, 0.6) is 11.5 Å². The molecule has 6 nitrogen and oxygen atoms in total. The van der Waals surface area contributed by atoms with E-state index in [0.29, 0.717) is 37.2 Å². The monoisotopic (exact) mass is 501 g/mol. The fourth-order valence-electron chi connectivity index (χ4n) is 2.58. The van der Waals surface area contributed by atoms with E-state index in [1.165, 1.54) is 0 Å². The number of fused-ring (bicyclic) bond motifs is 1. The first-order valence-electron chi connectivity index (χ1n) is 8.44. The van der Waals surface area contributed by atoms with E-state index in [1.807, 2.05) is 42.5 Å². The minimum Gasteiger partial charge on any atom is -0.490 e. The highest BCUT2D eigenvalue weighted by Gasteiger charge is 2.10. The summed E-state index contributed by atoms with van der Waals surface area (Å²) in [6, 6.07) is 13.5. The number of aliphatic imine (C=N–C) groups is 1. The van der Waals surface area contributed by atoms with E-state index in [0.717, 1.165) is 29.0 Å². The van der Waals surface area contributed by atoms with Gasteiger partial charge in [-0.3, -0.25) is 4.21 Å². The number of hydrogen-bond donors (Lipinski definition) is 2. The molecule has 1 aliphatic rings. The number of halogens is 1. The van der Waals surface area contributed by atoms with Crippen LogP contribution in [-0.4, -0.2) is 29.6 Å². The van der Waals surface area contributed by atoms with Crippen molar-refractivity contribution in [3.63, 3.8) is 0 Å². The molecule has 1 aliphatic heterocycles. The zero-order valence-electron chi connectivity index (χ0n) is 15.1. The molecule has 0 saturated carbocycles. The van der Waals surface area contributed by atoms with Gasteiger partial charge in [-0.25, -0.2) is 4.99 Å². The molecule has 2 aromatic carbocycles. The zero-order chi connectivity index (χ0) is 18.4. The third-order valence-electron chi connectivity index (χ3n) is 3.84. The average molecular weight is 501 g/mol. The third kappa shape index (κ3) is 6.69. The van der Waals surface area contributed by atoms with Gasteiger partial charge in [0.15, 0.2) is 17.5 Å². The molecule has 3 rings (SSSR count). The summed E-state index contributed by atoms with van der Waals surface area (Å²) >= 11 is 0. The maximum absolute atomic E-state index is 11.2. The second-order valence-electron chi connectivity index (χ2n) is 6.07. The predicted octanol–water partition coefficient (Wildman–Crippen LogP) is 3.27. The molecule has 1 unspecified atom stereocenters. The fraction of sp³-hybridized carbons (Fsp3) is 0.316. The molecule has 0 aromatic heterocycles. The van der Waals surface area contributed by atoms with E-state index in [-0.39, 0.29) is 24.0 Å². The molecular formula is C19H24IN3O3S. The molecule has 0 spiro atoms. The molecule has 146 valence electrons. The van der Waals surface area contributed by atoms with Gasteiger partial charge in [-0.05, 0) is 23.3 Å². The lowest BCUT2D eigenvalue weighted by Crippen LogP contribution is -2.22. The Balaban J connectivity index is 0.00000261. The number of benzene rings is 2. The van der Waals surface area contributed by atoms with Crippen LogP contribution in [0.25, 0.3) is 0 Å². The van der Waals surface area contributed by atoms with Crippen LogP contribution in [0, 0.1) is 0 Å². The second-order valence-corrected chi connectivity index (χ2v) is 7.51. The van der Waals surface area contributed by atoms with Gasteiger partial charge in [-0.2, -0.15) is 0 Å². The number of nitrogens with two attached hydrogens (primary N) is 1. The summed E-state index contributed by atoms with van der Waals surface area (Å²) < 4.78 is 22.5. The molecule has 1 atom stereocenters. The van der Waals surface area contributed by atoms with Crippen LogP contribution >= 0.6 is 24.0 Å². The van der Waals surface area contributed by atoms with E-state index in [9.17, 15) is 4.21 Å². The lowest BCUT2D eigenvalue weighted by Gasteiger charge is -2.10. The lowest BCUT2D eigenvalue weighted by molar-refractivity contribution is 0.297. The summed E-state index contributed by atoms with van der Waals surface area (Å²) in [6.07, 6.45) is 2.57. The van der Waals surface area contributed by atoms with Crippen molar-refractivity contribution in [3.8, 4) is 11.5 Å². The van der Waals surface area contributed by atoms with Crippen LogP contribution in [0.1, 0.15) is 17.5 Å². The number of hydrogen-bond acceptors (Lipinski definition) is 4. The third-order valence-corrected chi connectivity index (χ3v) is 4.58. The maximum atomic E-state index is 11.2. The van der Waals surface area contributed by atoms with Crippen LogP contribution in [0.15, 0.2) is 47.5 Å². The molecule has 8 heteroatoms. The minimum atomic E-state index is -0.836. The van der Waals surface area contributed by atoms with Crippen molar-refractivity contribution in [3.05, 3.63) is 53.6 Å². The molecule has 0 amide bonds. The largest absolute Gasteiger partial charge is 0.490 e. The van der Waals surface area contributed by atoms with Gasteiger partial charge in [-0.1, -0.05) is 24.3 Å². The first-order chi connectivity index (χ1) is 12.6. The van der Waals surface area contributed by atoms with Gasteiger partial charge in [0.05, 0.1) is 19.8 Å². The Hall–Kier alpha value is -1.81. The normalized spacial score (nSPS) is 14.6. The number of guanidine groups is 1. The number of anilines is 1. The molecular weight excluding hydrogens is 477 g/mol. The Bertz CT molecular complexity index is 812. The van der Waals surface area contributed by atoms with E-state index in [1.54, 1.807) is 6.26 Å². The van der Waals surface area contributed by atoms with E-state index < -0.39 is 10.8 Å². The zero-order valence-corrected chi connectivity index (χ0v) is 18.3. The topological polar surface area (TPSA) is 85.9 Å². The Kier molecular flexibility index (Phi) is 8.36. The van der Waals surface area contributed by atoms with Crippen molar-refractivity contribution in [2.24, 2.45) is 10.7 Å². The molecule has 2 aromatic rings. The van der Waals surface area contributed by atoms with Gasteiger partial charge in [0.2, 0.25) is 0 Å². The fourth-order valence-corrected chi connectivity index (χ4v) is 3.24.